The third-order valence-electron chi connectivity index (χ3n) is 1.54. The zero-order valence-electron chi connectivity index (χ0n) is 6.00. The smallest absolute Gasteiger partial charge is 0.226 e. The fourth-order valence-electron chi connectivity index (χ4n) is 0.935. The maximum Gasteiger partial charge on any atom is 0.226 e. The summed E-state index contributed by atoms with van der Waals surface area (Å²) in [5, 5.41) is 0. The van der Waals surface area contributed by atoms with Gasteiger partial charge in [0.05, 0.1) is 6.54 Å². The number of nitrogens with zero attached hydrogens (tertiary/aromatic N) is 1. The second-order valence-corrected chi connectivity index (χ2v) is 3.83. The van der Waals surface area contributed by atoms with Gasteiger partial charge in [-0.25, -0.2) is 0 Å². The molecule has 1 aliphatic heterocycles. The first-order valence-electron chi connectivity index (χ1n) is 3.36. The van der Waals surface area contributed by atoms with E-state index >= 15 is 0 Å². The van der Waals surface area contributed by atoms with Crippen molar-refractivity contribution in [2.45, 2.75) is 13.3 Å². The monoisotopic (exact) mass is 161 g/mol. The molecule has 3 nitrogen and oxygen atoms in total. The summed E-state index contributed by atoms with van der Waals surface area (Å²) >= 11 is -0.770. The van der Waals surface area contributed by atoms with Crippen LogP contribution >= 0.6 is 0 Å². The van der Waals surface area contributed by atoms with Gasteiger partial charge in [-0.15, -0.1) is 0 Å². The van der Waals surface area contributed by atoms with Gasteiger partial charge in [0.25, 0.3) is 0 Å². The first-order valence-corrected chi connectivity index (χ1v) is 4.85. The van der Waals surface area contributed by atoms with Crippen LogP contribution in [0, 0.1) is 0 Å². The summed E-state index contributed by atoms with van der Waals surface area (Å²) in [7, 11) is 0. The molecule has 10 heavy (non-hydrogen) atoms. The second-order valence-electron chi connectivity index (χ2n) is 2.28. The van der Waals surface area contributed by atoms with E-state index in [1.165, 1.54) is 0 Å². The predicted octanol–water partition coefficient (Wildman–Crippen LogP) is -0.0552. The van der Waals surface area contributed by atoms with Crippen LogP contribution in [0.3, 0.4) is 0 Å². The quantitative estimate of drug-likeness (QED) is 0.506. The molecule has 0 aliphatic carbocycles. The molecule has 1 unspecified atom stereocenters. The lowest BCUT2D eigenvalue weighted by Crippen LogP contribution is -2.27. The van der Waals surface area contributed by atoms with Crippen molar-refractivity contribution in [2.24, 2.45) is 0 Å². The van der Waals surface area contributed by atoms with Crippen LogP contribution in [0.1, 0.15) is 13.3 Å². The molecule has 1 aliphatic rings. The summed E-state index contributed by atoms with van der Waals surface area (Å²) in [5.41, 5.74) is 0. The van der Waals surface area contributed by atoms with Crippen LogP contribution in [0.4, 0.5) is 0 Å². The SMILES string of the molecule is CCC(=O)N1CC[S+]([O-])C1. The Labute approximate surface area is 63.6 Å². The third kappa shape index (κ3) is 1.64. The standard InChI is InChI=1S/C6H11NO2S/c1-2-6(8)7-3-4-10(9)5-7/h2-5H2,1H3. The zero-order valence-corrected chi connectivity index (χ0v) is 6.82. The number of carbonyl (C=O) groups is 1. The number of hydrogen-bond acceptors (Lipinski definition) is 2. The first kappa shape index (κ1) is 7.88. The highest BCUT2D eigenvalue weighted by Gasteiger charge is 2.25. The Morgan fingerprint density at radius 3 is 2.90 bits per heavy atom. The lowest BCUT2D eigenvalue weighted by atomic mass is 10.4. The molecule has 0 radical (unpaired) electrons. The third-order valence-corrected chi connectivity index (χ3v) is 2.78. The van der Waals surface area contributed by atoms with Crippen LogP contribution in [-0.2, 0) is 16.0 Å². The molecule has 0 spiro atoms. The topological polar surface area (TPSA) is 43.4 Å². The average Bonchev–Trinajstić information content (AvgIpc) is 2.34. The summed E-state index contributed by atoms with van der Waals surface area (Å²) in [6.45, 7) is 2.50. The number of hydrogen-bond donors (Lipinski definition) is 0. The molecule has 1 heterocycles. The summed E-state index contributed by atoms with van der Waals surface area (Å²) in [4.78, 5) is 12.6. The van der Waals surface area contributed by atoms with Crippen molar-refractivity contribution in [1.82, 2.24) is 4.90 Å². The van der Waals surface area contributed by atoms with E-state index in [2.05, 4.69) is 0 Å². The van der Waals surface area contributed by atoms with Crippen molar-refractivity contribution in [1.29, 1.82) is 0 Å². The molecule has 58 valence electrons. The molecule has 0 bridgehead atoms. The summed E-state index contributed by atoms with van der Waals surface area (Å²) < 4.78 is 10.8. The minimum Gasteiger partial charge on any atom is -0.615 e. The minimum absolute atomic E-state index is 0.117. The molecular formula is C6H11NO2S. The minimum atomic E-state index is -0.770. The maximum atomic E-state index is 11.0. The van der Waals surface area contributed by atoms with Crippen molar-refractivity contribution >= 4 is 17.1 Å². The van der Waals surface area contributed by atoms with E-state index in [0.29, 0.717) is 24.6 Å². The second kappa shape index (κ2) is 3.25. The van der Waals surface area contributed by atoms with E-state index in [-0.39, 0.29) is 5.91 Å². The maximum absolute atomic E-state index is 11.0. The molecule has 0 N–H and O–H groups in total. The lowest BCUT2D eigenvalue weighted by molar-refractivity contribution is -0.129. The van der Waals surface area contributed by atoms with Crippen molar-refractivity contribution in [3.05, 3.63) is 0 Å². The van der Waals surface area contributed by atoms with E-state index < -0.39 is 11.2 Å². The predicted molar refractivity (Wildman–Crippen MR) is 39.9 cm³/mol. The van der Waals surface area contributed by atoms with Gasteiger partial charge in [-0.3, -0.25) is 9.69 Å². The van der Waals surface area contributed by atoms with Gasteiger partial charge in [-0.2, -0.15) is 0 Å². The Kier molecular flexibility index (Phi) is 2.56. The van der Waals surface area contributed by atoms with Gasteiger partial charge in [-0.05, 0) is 11.2 Å². The average molecular weight is 161 g/mol. The van der Waals surface area contributed by atoms with Crippen molar-refractivity contribution in [3.8, 4) is 0 Å². The van der Waals surface area contributed by atoms with Crippen LogP contribution < -0.4 is 0 Å². The largest absolute Gasteiger partial charge is 0.615 e. The zero-order chi connectivity index (χ0) is 7.56. The fourth-order valence-corrected chi connectivity index (χ4v) is 2.11. The van der Waals surface area contributed by atoms with Gasteiger partial charge in [0.2, 0.25) is 5.91 Å². The molecule has 1 fully saturated rings. The normalized spacial score (nSPS) is 25.4. The highest BCUT2D eigenvalue weighted by atomic mass is 32.2. The molecule has 1 amide bonds. The Bertz CT molecular complexity index is 140. The molecule has 1 saturated heterocycles. The van der Waals surface area contributed by atoms with E-state index in [0.717, 1.165) is 0 Å². The Morgan fingerprint density at radius 2 is 2.50 bits per heavy atom. The molecule has 0 aromatic rings. The molecule has 0 aromatic carbocycles. The van der Waals surface area contributed by atoms with Crippen molar-refractivity contribution in [3.63, 3.8) is 0 Å². The number of carbonyl (C=O) groups excluding carboxylic acids is 1. The van der Waals surface area contributed by atoms with E-state index in [1.54, 1.807) is 4.90 Å². The van der Waals surface area contributed by atoms with Crippen LogP contribution in [0.5, 0.6) is 0 Å². The highest BCUT2D eigenvalue weighted by molar-refractivity contribution is 7.91. The molecular weight excluding hydrogens is 150 g/mol. The first-order chi connectivity index (χ1) is 4.74. The lowest BCUT2D eigenvalue weighted by Gasteiger charge is -2.10. The van der Waals surface area contributed by atoms with Gasteiger partial charge in [0.15, 0.2) is 5.88 Å². The van der Waals surface area contributed by atoms with Gasteiger partial charge >= 0.3 is 0 Å². The fraction of sp³-hybridized carbons (Fsp3) is 0.833. The molecule has 1 rings (SSSR count). The van der Waals surface area contributed by atoms with Crippen LogP contribution in [-0.4, -0.2) is 33.5 Å². The Hall–Kier alpha value is -0.220. The summed E-state index contributed by atoms with van der Waals surface area (Å²) in [6, 6.07) is 0. The highest BCUT2D eigenvalue weighted by Crippen LogP contribution is 2.07. The van der Waals surface area contributed by atoms with E-state index in [1.807, 2.05) is 6.92 Å². The summed E-state index contributed by atoms with van der Waals surface area (Å²) in [5.74, 6) is 1.23. The van der Waals surface area contributed by atoms with E-state index in [4.69, 9.17) is 0 Å². The van der Waals surface area contributed by atoms with Crippen LogP contribution in [0.15, 0.2) is 0 Å². The summed E-state index contributed by atoms with van der Waals surface area (Å²) in [6.07, 6.45) is 0.525. The number of amides is 1. The van der Waals surface area contributed by atoms with Gasteiger partial charge in [-0.1, -0.05) is 6.92 Å². The van der Waals surface area contributed by atoms with Crippen LogP contribution in [0.2, 0.25) is 0 Å². The Morgan fingerprint density at radius 1 is 1.80 bits per heavy atom. The molecule has 1 atom stereocenters. The van der Waals surface area contributed by atoms with E-state index in [9.17, 15) is 9.35 Å². The Balaban J connectivity index is 2.37. The van der Waals surface area contributed by atoms with Crippen molar-refractivity contribution < 1.29 is 9.35 Å². The van der Waals surface area contributed by atoms with Gasteiger partial charge in [0, 0.05) is 6.42 Å². The molecule has 0 saturated carbocycles. The van der Waals surface area contributed by atoms with Crippen LogP contribution in [0.25, 0.3) is 0 Å². The van der Waals surface area contributed by atoms with Gasteiger partial charge in [0.1, 0.15) is 5.75 Å². The van der Waals surface area contributed by atoms with Gasteiger partial charge < -0.3 is 4.55 Å². The molecule has 0 aromatic heterocycles. The molecule has 4 heteroatoms. The van der Waals surface area contributed by atoms with Crippen molar-refractivity contribution in [2.75, 3.05) is 18.2 Å². The number of rotatable bonds is 1.